The number of fused-ring (bicyclic) bond motifs is 1. The molecule has 2 aliphatic rings. The maximum atomic E-state index is 13.2. The quantitative estimate of drug-likeness (QED) is 0.276. The molecule has 0 unspecified atom stereocenters. The van der Waals surface area contributed by atoms with Gasteiger partial charge in [-0.05, 0) is 61.4 Å². The number of nitrogens with one attached hydrogen (secondary N) is 1. The zero-order valence-electron chi connectivity index (χ0n) is 26.0. The first-order chi connectivity index (χ1) is 21.3. The monoisotopic (exact) mass is 600 g/mol. The molecular formula is C35H44N4O5. The van der Waals surface area contributed by atoms with E-state index in [0.717, 1.165) is 55.8 Å². The van der Waals surface area contributed by atoms with Crippen LogP contribution in [-0.4, -0.2) is 83.6 Å². The van der Waals surface area contributed by atoms with Crippen molar-refractivity contribution in [1.29, 1.82) is 0 Å². The lowest BCUT2D eigenvalue weighted by Gasteiger charge is -2.32. The van der Waals surface area contributed by atoms with Gasteiger partial charge in [0.1, 0.15) is 17.3 Å². The highest BCUT2D eigenvalue weighted by Gasteiger charge is 2.29. The Balaban J connectivity index is 1.20. The summed E-state index contributed by atoms with van der Waals surface area (Å²) in [5.74, 6) is 2.24. The van der Waals surface area contributed by atoms with Crippen LogP contribution in [0.25, 0.3) is 0 Å². The lowest BCUT2D eigenvalue weighted by molar-refractivity contribution is -0.129. The number of hydrogen-bond donors (Lipinski definition) is 2. The number of carbonyl (C=O) groups excluding carboxylic acids is 2. The van der Waals surface area contributed by atoms with E-state index in [1.807, 2.05) is 23.1 Å². The number of nitrogens with zero attached hydrogens (tertiary/aromatic N) is 3. The molecule has 44 heavy (non-hydrogen) atoms. The van der Waals surface area contributed by atoms with Gasteiger partial charge in [-0.3, -0.25) is 14.5 Å². The fourth-order valence-electron chi connectivity index (χ4n) is 6.37. The van der Waals surface area contributed by atoms with Gasteiger partial charge in [0.2, 0.25) is 5.91 Å². The molecule has 1 aliphatic heterocycles. The van der Waals surface area contributed by atoms with E-state index >= 15 is 0 Å². The molecule has 234 valence electrons. The Morgan fingerprint density at radius 2 is 1.77 bits per heavy atom. The summed E-state index contributed by atoms with van der Waals surface area (Å²) < 4.78 is 11.1. The zero-order chi connectivity index (χ0) is 31.1. The summed E-state index contributed by atoms with van der Waals surface area (Å²) in [5.41, 5.74) is 4.30. The Kier molecular flexibility index (Phi) is 10.5. The third-order valence-electron chi connectivity index (χ3n) is 8.94. The van der Waals surface area contributed by atoms with Crippen molar-refractivity contribution in [3.05, 3.63) is 83.0 Å². The SMILES string of the molecule is COc1ccc(CN(C[C@H](O)CCC(=O)c2ccnc(NC3CCN(C(C)=O)CC3)c2)C2Cc3ccccc3C2)c(OC)c1. The molecule has 1 fully saturated rings. The molecular weight excluding hydrogens is 556 g/mol. The third kappa shape index (κ3) is 7.95. The standard InChI is InChI=1S/C35H44N4O5/c1-24(40)38-16-13-29(14-17-38)37-35-20-27(12-15-36-35)33(42)11-9-31(41)23-39(30-18-25-6-4-5-7-26(25)19-30)22-28-8-10-32(43-2)21-34(28)44-3/h4-8,10,12,15,20-21,29-31,41H,9,11,13-14,16-19,22-23H2,1-3H3,(H,36,37)/t31-/m1/s1. The van der Waals surface area contributed by atoms with Crippen molar-refractivity contribution >= 4 is 17.5 Å². The Labute approximate surface area is 260 Å². The topological polar surface area (TPSA) is 104 Å². The van der Waals surface area contributed by atoms with Gasteiger partial charge >= 0.3 is 0 Å². The first kappa shape index (κ1) is 31.5. The number of aromatic nitrogens is 1. The second-order valence-electron chi connectivity index (χ2n) is 11.9. The van der Waals surface area contributed by atoms with Crippen molar-refractivity contribution in [3.8, 4) is 11.5 Å². The first-order valence-electron chi connectivity index (χ1n) is 15.5. The lowest BCUT2D eigenvalue weighted by atomic mass is 10.0. The van der Waals surface area contributed by atoms with Crippen LogP contribution >= 0.6 is 0 Å². The number of ketones is 1. The molecule has 9 nitrogen and oxygen atoms in total. The van der Waals surface area contributed by atoms with Crippen LogP contribution in [0.3, 0.4) is 0 Å². The van der Waals surface area contributed by atoms with Gasteiger partial charge in [0.25, 0.3) is 0 Å². The summed E-state index contributed by atoms with van der Waals surface area (Å²) in [5, 5.41) is 14.6. The highest BCUT2D eigenvalue weighted by Crippen LogP contribution is 2.31. The molecule has 1 saturated heterocycles. The van der Waals surface area contributed by atoms with Crippen molar-refractivity contribution in [2.24, 2.45) is 0 Å². The van der Waals surface area contributed by atoms with Crippen molar-refractivity contribution in [2.45, 2.75) is 70.2 Å². The van der Waals surface area contributed by atoms with Gasteiger partial charge in [-0.15, -0.1) is 0 Å². The Morgan fingerprint density at radius 3 is 2.43 bits per heavy atom. The molecule has 2 N–H and O–H groups in total. The number of benzene rings is 2. The van der Waals surface area contributed by atoms with Crippen LogP contribution in [-0.2, 0) is 24.2 Å². The summed E-state index contributed by atoms with van der Waals surface area (Å²) in [4.78, 5) is 33.4. The Bertz CT molecular complexity index is 1410. The van der Waals surface area contributed by atoms with Gasteiger partial charge < -0.3 is 24.8 Å². The summed E-state index contributed by atoms with van der Waals surface area (Å²) in [6.07, 6.45) is 5.11. The number of Topliss-reactive ketones (excluding diaryl/α,β-unsaturated/α-hetero) is 1. The van der Waals surface area contributed by atoms with E-state index in [9.17, 15) is 14.7 Å². The minimum atomic E-state index is -0.669. The minimum absolute atomic E-state index is 0.0162. The number of ether oxygens (including phenoxy) is 2. The van der Waals surface area contributed by atoms with Crippen molar-refractivity contribution in [1.82, 2.24) is 14.8 Å². The van der Waals surface area contributed by atoms with E-state index < -0.39 is 6.10 Å². The molecule has 2 heterocycles. The molecule has 3 aromatic rings. The molecule has 0 spiro atoms. The van der Waals surface area contributed by atoms with Crippen molar-refractivity contribution in [3.63, 3.8) is 0 Å². The number of anilines is 1. The fourth-order valence-corrected chi connectivity index (χ4v) is 6.37. The van der Waals surface area contributed by atoms with Crippen molar-refractivity contribution in [2.75, 3.05) is 39.2 Å². The molecule has 9 heteroatoms. The Hall–Kier alpha value is -3.95. The third-order valence-corrected chi connectivity index (χ3v) is 8.94. The number of piperidine rings is 1. The summed E-state index contributed by atoms with van der Waals surface area (Å²) in [7, 11) is 3.30. The number of methoxy groups -OCH3 is 2. The molecule has 0 bridgehead atoms. The molecule has 1 atom stereocenters. The molecule has 0 saturated carbocycles. The second kappa shape index (κ2) is 14.7. The zero-order valence-corrected chi connectivity index (χ0v) is 26.0. The summed E-state index contributed by atoms with van der Waals surface area (Å²) in [6.45, 7) is 4.10. The molecule has 0 radical (unpaired) electrons. The summed E-state index contributed by atoms with van der Waals surface area (Å²) >= 11 is 0. The van der Waals surface area contributed by atoms with Crippen LogP contribution in [0.5, 0.6) is 11.5 Å². The number of aliphatic hydroxyl groups excluding tert-OH is 1. The minimum Gasteiger partial charge on any atom is -0.497 e. The average Bonchev–Trinajstić information content (AvgIpc) is 3.48. The smallest absolute Gasteiger partial charge is 0.219 e. The number of rotatable bonds is 13. The predicted octanol–water partition coefficient (Wildman–Crippen LogP) is 4.52. The molecule has 5 rings (SSSR count). The van der Waals surface area contributed by atoms with Gasteiger partial charge in [0.15, 0.2) is 5.78 Å². The van der Waals surface area contributed by atoms with Crippen molar-refractivity contribution < 1.29 is 24.2 Å². The number of hydrogen-bond acceptors (Lipinski definition) is 8. The maximum Gasteiger partial charge on any atom is 0.219 e. The van der Waals surface area contributed by atoms with E-state index in [2.05, 4.69) is 39.5 Å². The van der Waals surface area contributed by atoms with E-state index in [0.29, 0.717) is 30.9 Å². The number of pyridine rings is 1. The first-order valence-corrected chi connectivity index (χ1v) is 15.5. The van der Waals surface area contributed by atoms with Crippen LogP contribution in [0.4, 0.5) is 5.82 Å². The van der Waals surface area contributed by atoms with Crippen LogP contribution in [0, 0.1) is 0 Å². The maximum absolute atomic E-state index is 13.2. The predicted molar refractivity (Wildman–Crippen MR) is 170 cm³/mol. The molecule has 1 amide bonds. The molecule has 2 aromatic carbocycles. The lowest BCUT2D eigenvalue weighted by Crippen LogP contribution is -2.41. The molecule has 1 aromatic heterocycles. The highest BCUT2D eigenvalue weighted by atomic mass is 16.5. The van der Waals surface area contributed by atoms with Crippen LogP contribution in [0.1, 0.15) is 59.7 Å². The van der Waals surface area contributed by atoms with Crippen LogP contribution < -0.4 is 14.8 Å². The van der Waals surface area contributed by atoms with E-state index in [1.165, 1.54) is 11.1 Å². The van der Waals surface area contributed by atoms with Gasteiger partial charge in [-0.1, -0.05) is 30.3 Å². The average molecular weight is 601 g/mol. The van der Waals surface area contributed by atoms with Gasteiger partial charge in [-0.25, -0.2) is 4.98 Å². The van der Waals surface area contributed by atoms with E-state index in [4.69, 9.17) is 9.47 Å². The highest BCUT2D eigenvalue weighted by molar-refractivity contribution is 5.96. The van der Waals surface area contributed by atoms with Gasteiger partial charge in [-0.2, -0.15) is 0 Å². The largest absolute Gasteiger partial charge is 0.497 e. The number of likely N-dealkylation sites (tertiary alicyclic amines) is 1. The number of carbonyl (C=O) groups is 2. The fraction of sp³-hybridized carbons (Fsp3) is 0.457. The normalized spacial score (nSPS) is 16.1. The van der Waals surface area contributed by atoms with E-state index in [1.54, 1.807) is 39.5 Å². The Morgan fingerprint density at radius 1 is 1.05 bits per heavy atom. The van der Waals surface area contributed by atoms with Crippen LogP contribution in [0.15, 0.2) is 60.8 Å². The van der Waals surface area contributed by atoms with Gasteiger partial charge in [0, 0.05) is 75.0 Å². The number of aliphatic hydroxyl groups is 1. The van der Waals surface area contributed by atoms with Crippen LogP contribution in [0.2, 0.25) is 0 Å². The molecule has 1 aliphatic carbocycles. The number of amides is 1. The second-order valence-corrected chi connectivity index (χ2v) is 11.9. The van der Waals surface area contributed by atoms with Gasteiger partial charge in [0.05, 0.1) is 20.3 Å². The summed E-state index contributed by atoms with van der Waals surface area (Å²) in [6, 6.07) is 18.3. The van der Waals surface area contributed by atoms with E-state index in [-0.39, 0.29) is 30.2 Å².